The molecule has 3 nitrogen and oxygen atoms in total. The Morgan fingerprint density at radius 2 is 2.00 bits per heavy atom. The second kappa shape index (κ2) is 9.97. The van der Waals surface area contributed by atoms with E-state index in [2.05, 4.69) is 19.2 Å². The van der Waals surface area contributed by atoms with Crippen LogP contribution in [0.3, 0.4) is 0 Å². The van der Waals surface area contributed by atoms with E-state index in [1.807, 2.05) is 0 Å². The number of rotatable bonds is 9. The SMILES string of the molecule is CCCCCC(=O)NC(CC)CCCN. The van der Waals surface area contributed by atoms with Gasteiger partial charge in [-0.1, -0.05) is 26.7 Å². The summed E-state index contributed by atoms with van der Waals surface area (Å²) in [7, 11) is 0. The molecular weight excluding hydrogens is 188 g/mol. The summed E-state index contributed by atoms with van der Waals surface area (Å²) in [5.74, 6) is 0.201. The minimum absolute atomic E-state index is 0.201. The highest BCUT2D eigenvalue weighted by Crippen LogP contribution is 2.03. The summed E-state index contributed by atoms with van der Waals surface area (Å²) < 4.78 is 0. The molecule has 0 fully saturated rings. The van der Waals surface area contributed by atoms with Crippen LogP contribution in [0.1, 0.15) is 58.8 Å². The predicted octanol–water partition coefficient (Wildman–Crippen LogP) is 2.20. The van der Waals surface area contributed by atoms with Gasteiger partial charge in [0.1, 0.15) is 0 Å². The number of carbonyl (C=O) groups excluding carboxylic acids is 1. The van der Waals surface area contributed by atoms with E-state index in [0.29, 0.717) is 19.0 Å². The summed E-state index contributed by atoms with van der Waals surface area (Å²) in [6.45, 7) is 4.96. The summed E-state index contributed by atoms with van der Waals surface area (Å²) >= 11 is 0. The quantitative estimate of drug-likeness (QED) is 0.578. The second-order valence-corrected chi connectivity index (χ2v) is 4.06. The van der Waals surface area contributed by atoms with E-state index in [1.54, 1.807) is 0 Å². The van der Waals surface area contributed by atoms with E-state index < -0.39 is 0 Å². The molecule has 0 radical (unpaired) electrons. The van der Waals surface area contributed by atoms with Gasteiger partial charge in [0.05, 0.1) is 0 Å². The van der Waals surface area contributed by atoms with Crippen LogP contribution in [0, 0.1) is 0 Å². The molecule has 0 saturated heterocycles. The van der Waals surface area contributed by atoms with E-state index in [0.717, 1.165) is 38.5 Å². The van der Waals surface area contributed by atoms with Crippen molar-refractivity contribution < 1.29 is 4.79 Å². The molecule has 0 heterocycles. The Morgan fingerprint density at radius 1 is 1.27 bits per heavy atom. The first-order valence-corrected chi connectivity index (χ1v) is 6.24. The molecule has 15 heavy (non-hydrogen) atoms. The van der Waals surface area contributed by atoms with Crippen molar-refractivity contribution in [3.05, 3.63) is 0 Å². The van der Waals surface area contributed by atoms with Crippen molar-refractivity contribution in [3.8, 4) is 0 Å². The topological polar surface area (TPSA) is 55.1 Å². The van der Waals surface area contributed by atoms with Crippen LogP contribution in [0.4, 0.5) is 0 Å². The third-order valence-electron chi connectivity index (χ3n) is 2.62. The maximum atomic E-state index is 11.5. The molecule has 3 heteroatoms. The maximum Gasteiger partial charge on any atom is 0.220 e. The Hall–Kier alpha value is -0.570. The minimum Gasteiger partial charge on any atom is -0.353 e. The molecule has 0 aromatic heterocycles. The maximum absolute atomic E-state index is 11.5. The van der Waals surface area contributed by atoms with Crippen LogP contribution in [-0.4, -0.2) is 18.5 Å². The van der Waals surface area contributed by atoms with Gasteiger partial charge >= 0.3 is 0 Å². The molecule has 0 aliphatic heterocycles. The van der Waals surface area contributed by atoms with Crippen LogP contribution < -0.4 is 11.1 Å². The number of unbranched alkanes of at least 4 members (excludes halogenated alkanes) is 2. The molecular formula is C12H26N2O. The molecule has 1 amide bonds. The third-order valence-corrected chi connectivity index (χ3v) is 2.62. The molecule has 0 bridgehead atoms. The van der Waals surface area contributed by atoms with Crippen molar-refractivity contribution in [2.45, 2.75) is 64.8 Å². The van der Waals surface area contributed by atoms with Crippen LogP contribution in [0.5, 0.6) is 0 Å². The second-order valence-electron chi connectivity index (χ2n) is 4.06. The lowest BCUT2D eigenvalue weighted by molar-refractivity contribution is -0.122. The van der Waals surface area contributed by atoms with Crippen molar-refractivity contribution >= 4 is 5.91 Å². The molecule has 0 aromatic carbocycles. The van der Waals surface area contributed by atoms with Gasteiger partial charge in [-0.15, -0.1) is 0 Å². The first kappa shape index (κ1) is 14.4. The number of amides is 1. The summed E-state index contributed by atoms with van der Waals surface area (Å²) in [5, 5.41) is 3.07. The number of hydrogen-bond donors (Lipinski definition) is 2. The highest BCUT2D eigenvalue weighted by atomic mass is 16.1. The number of nitrogens with two attached hydrogens (primary N) is 1. The summed E-state index contributed by atoms with van der Waals surface area (Å²) in [4.78, 5) is 11.5. The molecule has 0 saturated carbocycles. The first-order chi connectivity index (χ1) is 7.24. The van der Waals surface area contributed by atoms with Gasteiger partial charge in [0.15, 0.2) is 0 Å². The summed E-state index contributed by atoms with van der Waals surface area (Å²) in [6, 6.07) is 0.322. The first-order valence-electron chi connectivity index (χ1n) is 6.24. The van der Waals surface area contributed by atoms with Gasteiger partial charge in [-0.3, -0.25) is 4.79 Å². The van der Waals surface area contributed by atoms with Gasteiger partial charge in [0, 0.05) is 12.5 Å². The Balaban J connectivity index is 3.60. The minimum atomic E-state index is 0.201. The van der Waals surface area contributed by atoms with Gasteiger partial charge in [-0.2, -0.15) is 0 Å². The molecule has 1 unspecified atom stereocenters. The van der Waals surface area contributed by atoms with Gasteiger partial charge in [0.2, 0.25) is 5.91 Å². The molecule has 0 spiro atoms. The van der Waals surface area contributed by atoms with Crippen LogP contribution in [0.15, 0.2) is 0 Å². The normalized spacial score (nSPS) is 12.5. The van der Waals surface area contributed by atoms with E-state index in [-0.39, 0.29) is 5.91 Å². The van der Waals surface area contributed by atoms with Crippen LogP contribution >= 0.6 is 0 Å². The fourth-order valence-corrected chi connectivity index (χ4v) is 1.58. The predicted molar refractivity (Wildman–Crippen MR) is 64.7 cm³/mol. The lowest BCUT2D eigenvalue weighted by Crippen LogP contribution is -2.34. The number of hydrogen-bond acceptors (Lipinski definition) is 2. The molecule has 0 rings (SSSR count). The Kier molecular flexibility index (Phi) is 9.59. The Labute approximate surface area is 93.8 Å². The van der Waals surface area contributed by atoms with Gasteiger partial charge in [-0.25, -0.2) is 0 Å². The average Bonchev–Trinajstić information content (AvgIpc) is 2.24. The molecule has 0 aromatic rings. The van der Waals surface area contributed by atoms with Crippen molar-refractivity contribution in [2.24, 2.45) is 5.73 Å². The number of nitrogens with one attached hydrogen (secondary N) is 1. The Bertz CT molecular complexity index is 160. The fraction of sp³-hybridized carbons (Fsp3) is 0.917. The van der Waals surface area contributed by atoms with Crippen LogP contribution in [0.25, 0.3) is 0 Å². The zero-order valence-corrected chi connectivity index (χ0v) is 10.2. The van der Waals surface area contributed by atoms with E-state index >= 15 is 0 Å². The van der Waals surface area contributed by atoms with Crippen LogP contribution in [0.2, 0.25) is 0 Å². The highest BCUT2D eigenvalue weighted by Gasteiger charge is 2.08. The molecule has 90 valence electrons. The monoisotopic (exact) mass is 214 g/mol. The smallest absolute Gasteiger partial charge is 0.220 e. The molecule has 0 aliphatic carbocycles. The fourth-order valence-electron chi connectivity index (χ4n) is 1.58. The van der Waals surface area contributed by atoms with Crippen molar-refractivity contribution in [1.29, 1.82) is 0 Å². The standard InChI is InChI=1S/C12H26N2O/c1-3-5-6-9-12(15)14-11(4-2)8-7-10-13/h11H,3-10,13H2,1-2H3,(H,14,15). The third kappa shape index (κ3) is 8.43. The van der Waals surface area contributed by atoms with E-state index in [9.17, 15) is 4.79 Å². The average molecular weight is 214 g/mol. The van der Waals surface area contributed by atoms with Gasteiger partial charge < -0.3 is 11.1 Å². The lowest BCUT2D eigenvalue weighted by atomic mass is 10.1. The zero-order valence-electron chi connectivity index (χ0n) is 10.2. The van der Waals surface area contributed by atoms with Crippen molar-refractivity contribution in [1.82, 2.24) is 5.32 Å². The van der Waals surface area contributed by atoms with E-state index in [4.69, 9.17) is 5.73 Å². The van der Waals surface area contributed by atoms with Crippen molar-refractivity contribution in [2.75, 3.05) is 6.54 Å². The summed E-state index contributed by atoms with van der Waals surface area (Å²) in [5.41, 5.74) is 5.45. The molecule has 0 aliphatic rings. The molecule has 1 atom stereocenters. The van der Waals surface area contributed by atoms with E-state index in [1.165, 1.54) is 0 Å². The van der Waals surface area contributed by atoms with Gasteiger partial charge in [0.25, 0.3) is 0 Å². The highest BCUT2D eigenvalue weighted by molar-refractivity contribution is 5.76. The van der Waals surface area contributed by atoms with Crippen LogP contribution in [-0.2, 0) is 4.79 Å². The lowest BCUT2D eigenvalue weighted by Gasteiger charge is -2.16. The Morgan fingerprint density at radius 3 is 2.53 bits per heavy atom. The van der Waals surface area contributed by atoms with Crippen molar-refractivity contribution in [3.63, 3.8) is 0 Å². The van der Waals surface area contributed by atoms with Gasteiger partial charge in [-0.05, 0) is 32.2 Å². The zero-order chi connectivity index (χ0) is 11.5. The largest absolute Gasteiger partial charge is 0.353 e. The number of carbonyl (C=O) groups is 1. The molecule has 3 N–H and O–H groups in total. The summed E-state index contributed by atoms with van der Waals surface area (Å²) in [6.07, 6.45) is 6.99.